The lowest BCUT2D eigenvalue weighted by Crippen LogP contribution is -2.38. The van der Waals surface area contributed by atoms with Gasteiger partial charge in [-0.2, -0.15) is 0 Å². The Morgan fingerprint density at radius 3 is 2.83 bits per heavy atom. The van der Waals surface area contributed by atoms with Gasteiger partial charge >= 0.3 is 0 Å². The van der Waals surface area contributed by atoms with E-state index in [9.17, 15) is 0 Å². The second kappa shape index (κ2) is 4.81. The Balaban J connectivity index is 1.91. The predicted octanol–water partition coefficient (Wildman–Crippen LogP) is 1.87. The van der Waals surface area contributed by atoms with E-state index in [0.717, 1.165) is 13.1 Å². The zero-order valence-electron chi connectivity index (χ0n) is 11.4. The fraction of sp³-hybridized carbons (Fsp3) is 0.600. The van der Waals surface area contributed by atoms with Crippen LogP contribution in [0.5, 0.6) is 0 Å². The number of rotatable bonds is 2. The van der Waals surface area contributed by atoms with Crippen molar-refractivity contribution in [2.75, 3.05) is 43.5 Å². The molecule has 3 heteroatoms. The van der Waals surface area contributed by atoms with Crippen LogP contribution in [-0.2, 0) is 6.42 Å². The summed E-state index contributed by atoms with van der Waals surface area (Å²) in [5.41, 5.74) is 4.33. The highest BCUT2D eigenvalue weighted by molar-refractivity contribution is 5.76. The Hall–Kier alpha value is -1.22. The second-order valence-corrected chi connectivity index (χ2v) is 5.63. The summed E-state index contributed by atoms with van der Waals surface area (Å²) in [6.07, 6.45) is 3.82. The van der Waals surface area contributed by atoms with Gasteiger partial charge in [-0.3, -0.25) is 0 Å². The predicted molar refractivity (Wildman–Crippen MR) is 77.7 cm³/mol. The number of fused-ring (bicyclic) bond motifs is 1. The van der Waals surface area contributed by atoms with E-state index in [4.69, 9.17) is 0 Å². The average Bonchev–Trinajstić information content (AvgIpc) is 2.87. The lowest BCUT2D eigenvalue weighted by Gasteiger charge is -2.36. The first-order valence-corrected chi connectivity index (χ1v) is 7.03. The summed E-state index contributed by atoms with van der Waals surface area (Å²) in [5, 5.41) is 3.61. The molecule has 1 unspecified atom stereocenters. The van der Waals surface area contributed by atoms with Crippen molar-refractivity contribution in [1.82, 2.24) is 5.32 Å². The zero-order valence-corrected chi connectivity index (χ0v) is 11.4. The molecule has 1 saturated heterocycles. The molecular weight excluding hydrogens is 222 g/mol. The summed E-state index contributed by atoms with van der Waals surface area (Å²) in [7, 11) is 4.42. The Morgan fingerprint density at radius 2 is 2.06 bits per heavy atom. The van der Waals surface area contributed by atoms with Crippen molar-refractivity contribution >= 4 is 11.4 Å². The van der Waals surface area contributed by atoms with Crippen molar-refractivity contribution in [3.8, 4) is 0 Å². The molecule has 1 fully saturated rings. The Bertz CT molecular complexity index is 424. The summed E-state index contributed by atoms with van der Waals surface area (Å²) < 4.78 is 0. The van der Waals surface area contributed by atoms with E-state index in [0.29, 0.717) is 6.04 Å². The van der Waals surface area contributed by atoms with Crippen LogP contribution in [-0.4, -0.2) is 39.8 Å². The van der Waals surface area contributed by atoms with Crippen LogP contribution < -0.4 is 15.1 Å². The molecule has 2 aliphatic heterocycles. The maximum Gasteiger partial charge on any atom is 0.0635 e. The van der Waals surface area contributed by atoms with Crippen molar-refractivity contribution in [1.29, 1.82) is 0 Å². The fourth-order valence-electron chi connectivity index (χ4n) is 3.22. The van der Waals surface area contributed by atoms with Crippen LogP contribution in [0, 0.1) is 0 Å². The third-order valence-electron chi connectivity index (χ3n) is 4.29. The molecule has 0 bridgehead atoms. The highest BCUT2D eigenvalue weighted by Crippen LogP contribution is 2.35. The number of para-hydroxylation sites is 1. The van der Waals surface area contributed by atoms with E-state index in [-0.39, 0.29) is 0 Å². The SMILES string of the molecule is CN1CCN(C)c2c(CC3CCCN3)cccc21. The molecular formula is C15H23N3. The van der Waals surface area contributed by atoms with Gasteiger partial charge in [0.05, 0.1) is 11.4 Å². The third-order valence-corrected chi connectivity index (χ3v) is 4.29. The summed E-state index contributed by atoms with van der Waals surface area (Å²) in [6, 6.07) is 7.43. The minimum Gasteiger partial charge on any atom is -0.371 e. The highest BCUT2D eigenvalue weighted by Gasteiger charge is 2.23. The Labute approximate surface area is 110 Å². The Kier molecular flexibility index (Phi) is 3.16. The zero-order chi connectivity index (χ0) is 12.5. The first-order chi connectivity index (χ1) is 8.75. The van der Waals surface area contributed by atoms with E-state index in [1.807, 2.05) is 0 Å². The molecule has 1 aromatic rings. The standard InChI is InChI=1S/C15H23N3/c1-17-9-10-18(2)15-12(5-3-7-14(15)17)11-13-6-4-8-16-13/h3,5,7,13,16H,4,6,8-11H2,1-2H3. The summed E-state index contributed by atoms with van der Waals surface area (Å²) in [4.78, 5) is 4.79. The first kappa shape index (κ1) is 11.8. The molecule has 0 spiro atoms. The van der Waals surface area contributed by atoms with Crippen LogP contribution in [0.1, 0.15) is 18.4 Å². The van der Waals surface area contributed by atoms with E-state index in [2.05, 4.69) is 47.4 Å². The number of benzene rings is 1. The number of likely N-dealkylation sites (N-methyl/N-ethyl adjacent to an activating group) is 2. The average molecular weight is 245 g/mol. The summed E-state index contributed by atoms with van der Waals surface area (Å²) in [6.45, 7) is 3.43. The maximum absolute atomic E-state index is 3.61. The van der Waals surface area contributed by atoms with Gasteiger partial charge in [-0.05, 0) is 37.4 Å². The molecule has 1 atom stereocenters. The summed E-state index contributed by atoms with van der Waals surface area (Å²) >= 11 is 0. The third kappa shape index (κ3) is 2.07. The van der Waals surface area contributed by atoms with Gasteiger partial charge in [-0.25, -0.2) is 0 Å². The molecule has 0 aromatic heterocycles. The van der Waals surface area contributed by atoms with E-state index >= 15 is 0 Å². The molecule has 0 aliphatic carbocycles. The lowest BCUT2D eigenvalue weighted by atomic mass is 9.99. The quantitative estimate of drug-likeness (QED) is 0.858. The van der Waals surface area contributed by atoms with Crippen molar-refractivity contribution < 1.29 is 0 Å². The topological polar surface area (TPSA) is 18.5 Å². The number of hydrogen-bond donors (Lipinski definition) is 1. The first-order valence-electron chi connectivity index (χ1n) is 7.03. The van der Waals surface area contributed by atoms with Crippen LogP contribution >= 0.6 is 0 Å². The molecule has 0 amide bonds. The molecule has 2 heterocycles. The van der Waals surface area contributed by atoms with Gasteiger partial charge in [0.1, 0.15) is 0 Å². The van der Waals surface area contributed by atoms with Gasteiger partial charge in [0.25, 0.3) is 0 Å². The minimum atomic E-state index is 0.678. The van der Waals surface area contributed by atoms with Gasteiger partial charge in [-0.15, -0.1) is 0 Å². The minimum absolute atomic E-state index is 0.678. The van der Waals surface area contributed by atoms with Crippen LogP contribution in [0.3, 0.4) is 0 Å². The van der Waals surface area contributed by atoms with Crippen LogP contribution in [0.15, 0.2) is 18.2 Å². The molecule has 1 N–H and O–H groups in total. The molecule has 0 radical (unpaired) electrons. The number of nitrogens with one attached hydrogen (secondary N) is 1. The second-order valence-electron chi connectivity index (χ2n) is 5.63. The van der Waals surface area contributed by atoms with Gasteiger partial charge < -0.3 is 15.1 Å². The largest absolute Gasteiger partial charge is 0.371 e. The molecule has 98 valence electrons. The van der Waals surface area contributed by atoms with Crippen LogP contribution in [0.4, 0.5) is 11.4 Å². The highest BCUT2D eigenvalue weighted by atomic mass is 15.2. The number of anilines is 2. The van der Waals surface area contributed by atoms with Crippen molar-refractivity contribution in [2.45, 2.75) is 25.3 Å². The molecule has 0 saturated carbocycles. The molecule has 3 rings (SSSR count). The van der Waals surface area contributed by atoms with Gasteiger partial charge in [0.15, 0.2) is 0 Å². The Morgan fingerprint density at radius 1 is 1.22 bits per heavy atom. The normalized spacial score (nSPS) is 23.3. The van der Waals surface area contributed by atoms with Crippen LogP contribution in [0.2, 0.25) is 0 Å². The van der Waals surface area contributed by atoms with Crippen LogP contribution in [0.25, 0.3) is 0 Å². The van der Waals surface area contributed by atoms with E-state index < -0.39 is 0 Å². The molecule has 2 aliphatic rings. The molecule has 1 aromatic carbocycles. The number of hydrogen-bond acceptors (Lipinski definition) is 3. The lowest BCUT2D eigenvalue weighted by molar-refractivity contribution is 0.601. The van der Waals surface area contributed by atoms with E-state index in [1.165, 1.54) is 42.7 Å². The maximum atomic E-state index is 3.61. The number of nitrogens with zero attached hydrogens (tertiary/aromatic N) is 2. The van der Waals surface area contributed by atoms with Gasteiger partial charge in [0.2, 0.25) is 0 Å². The van der Waals surface area contributed by atoms with Gasteiger partial charge in [-0.1, -0.05) is 12.1 Å². The van der Waals surface area contributed by atoms with Crippen molar-refractivity contribution in [3.05, 3.63) is 23.8 Å². The monoisotopic (exact) mass is 245 g/mol. The molecule has 3 nitrogen and oxygen atoms in total. The van der Waals surface area contributed by atoms with Crippen molar-refractivity contribution in [3.63, 3.8) is 0 Å². The smallest absolute Gasteiger partial charge is 0.0635 e. The van der Waals surface area contributed by atoms with Gasteiger partial charge in [0, 0.05) is 33.2 Å². The van der Waals surface area contributed by atoms with Crippen molar-refractivity contribution in [2.24, 2.45) is 0 Å². The summed E-state index contributed by atoms with van der Waals surface area (Å²) in [5.74, 6) is 0. The fourth-order valence-corrected chi connectivity index (χ4v) is 3.22. The molecule has 18 heavy (non-hydrogen) atoms. The van der Waals surface area contributed by atoms with E-state index in [1.54, 1.807) is 0 Å².